The van der Waals surface area contributed by atoms with Crippen molar-refractivity contribution in [1.29, 1.82) is 0 Å². The molecule has 0 fully saturated rings. The number of anilines is 1. The lowest BCUT2D eigenvalue weighted by atomic mass is 10.1. The van der Waals surface area contributed by atoms with Crippen molar-refractivity contribution in [2.24, 2.45) is 0 Å². The van der Waals surface area contributed by atoms with E-state index in [-0.39, 0.29) is 11.8 Å². The molecule has 1 aliphatic heterocycles. The van der Waals surface area contributed by atoms with Gasteiger partial charge in [0.05, 0.1) is 19.9 Å². The maximum Gasteiger partial charge on any atom is 0.255 e. The molecule has 0 bridgehead atoms. The number of benzene rings is 3. The number of thioether (sulfide) groups is 1. The van der Waals surface area contributed by atoms with Crippen molar-refractivity contribution in [1.82, 2.24) is 4.90 Å². The van der Waals surface area contributed by atoms with Gasteiger partial charge in [-0.25, -0.2) is 0 Å². The maximum atomic E-state index is 13.5. The Balaban J connectivity index is 1.54. The molecule has 1 aliphatic rings. The van der Waals surface area contributed by atoms with Crippen LogP contribution in [0.25, 0.3) is 0 Å². The SMILES string of the molecule is COc1ccc(NC(=O)[C@H](CSCc2ccccc2)N2Cc3ccccc3C2=O)c(OC)c1. The molecular formula is C26H26N2O4S. The van der Waals surface area contributed by atoms with Gasteiger partial charge in [0.25, 0.3) is 5.91 Å². The van der Waals surface area contributed by atoms with Crippen LogP contribution in [0.1, 0.15) is 21.5 Å². The number of carbonyl (C=O) groups excluding carboxylic acids is 2. The molecule has 170 valence electrons. The van der Waals surface area contributed by atoms with Gasteiger partial charge in [-0.1, -0.05) is 48.5 Å². The van der Waals surface area contributed by atoms with E-state index in [4.69, 9.17) is 9.47 Å². The average Bonchev–Trinajstić information content (AvgIpc) is 3.18. The second-order valence-electron chi connectivity index (χ2n) is 7.66. The van der Waals surface area contributed by atoms with Gasteiger partial charge in [-0.15, -0.1) is 0 Å². The Kier molecular flexibility index (Phi) is 7.19. The van der Waals surface area contributed by atoms with Crippen LogP contribution >= 0.6 is 11.8 Å². The summed E-state index contributed by atoms with van der Waals surface area (Å²) in [6.45, 7) is 0.415. The molecule has 7 heteroatoms. The van der Waals surface area contributed by atoms with Crippen molar-refractivity contribution in [3.63, 3.8) is 0 Å². The Morgan fingerprint density at radius 3 is 2.52 bits per heavy atom. The number of amides is 2. The van der Waals surface area contributed by atoms with Crippen molar-refractivity contribution in [2.75, 3.05) is 25.3 Å². The van der Waals surface area contributed by atoms with Crippen LogP contribution in [0.4, 0.5) is 5.69 Å². The van der Waals surface area contributed by atoms with Crippen molar-refractivity contribution in [3.8, 4) is 11.5 Å². The van der Waals surface area contributed by atoms with E-state index in [1.54, 1.807) is 42.0 Å². The molecule has 1 atom stereocenters. The molecule has 1 N–H and O–H groups in total. The minimum absolute atomic E-state index is 0.118. The highest BCUT2D eigenvalue weighted by Gasteiger charge is 2.36. The zero-order chi connectivity index (χ0) is 23.2. The van der Waals surface area contributed by atoms with Gasteiger partial charge in [0, 0.05) is 29.7 Å². The molecule has 0 unspecified atom stereocenters. The third-order valence-corrected chi connectivity index (χ3v) is 6.67. The summed E-state index contributed by atoms with van der Waals surface area (Å²) >= 11 is 1.63. The lowest BCUT2D eigenvalue weighted by molar-refractivity contribution is -0.119. The van der Waals surface area contributed by atoms with Crippen LogP contribution in [0.2, 0.25) is 0 Å². The summed E-state index contributed by atoms with van der Waals surface area (Å²) in [4.78, 5) is 28.2. The molecule has 0 saturated heterocycles. The van der Waals surface area contributed by atoms with Crippen molar-refractivity contribution in [3.05, 3.63) is 89.5 Å². The summed E-state index contributed by atoms with van der Waals surface area (Å²) in [5.74, 6) is 1.98. The standard InChI is InChI=1S/C26H26N2O4S/c1-31-20-12-13-22(24(14-20)32-2)27-25(29)23(17-33-16-18-8-4-3-5-9-18)28-15-19-10-6-7-11-21(19)26(28)30/h3-14,23H,15-17H2,1-2H3,(H,27,29)/t23-/m0/s1. The molecule has 0 aromatic heterocycles. The van der Waals surface area contributed by atoms with E-state index in [1.807, 2.05) is 42.5 Å². The van der Waals surface area contributed by atoms with E-state index < -0.39 is 6.04 Å². The predicted octanol–water partition coefficient (Wildman–Crippen LogP) is 4.60. The van der Waals surface area contributed by atoms with Gasteiger partial charge in [-0.3, -0.25) is 9.59 Å². The topological polar surface area (TPSA) is 67.9 Å². The zero-order valence-corrected chi connectivity index (χ0v) is 19.4. The molecule has 6 nitrogen and oxygen atoms in total. The third-order valence-electron chi connectivity index (χ3n) is 5.58. The van der Waals surface area contributed by atoms with E-state index in [2.05, 4.69) is 17.4 Å². The van der Waals surface area contributed by atoms with Crippen LogP contribution in [0.15, 0.2) is 72.8 Å². The number of methoxy groups -OCH3 is 2. The summed E-state index contributed by atoms with van der Waals surface area (Å²) < 4.78 is 10.7. The summed E-state index contributed by atoms with van der Waals surface area (Å²) in [5.41, 5.74) is 3.31. The highest BCUT2D eigenvalue weighted by Crippen LogP contribution is 2.31. The number of carbonyl (C=O) groups is 2. The van der Waals surface area contributed by atoms with Crippen molar-refractivity contribution < 1.29 is 19.1 Å². The summed E-state index contributed by atoms with van der Waals surface area (Å²) in [6, 6.07) is 22.2. The van der Waals surface area contributed by atoms with Crippen LogP contribution < -0.4 is 14.8 Å². The normalized spacial score (nSPS) is 13.4. The van der Waals surface area contributed by atoms with Crippen LogP contribution in [-0.2, 0) is 17.1 Å². The van der Waals surface area contributed by atoms with E-state index in [0.29, 0.717) is 35.0 Å². The predicted molar refractivity (Wildman–Crippen MR) is 131 cm³/mol. The van der Waals surface area contributed by atoms with E-state index >= 15 is 0 Å². The lowest BCUT2D eigenvalue weighted by Gasteiger charge is -2.27. The lowest BCUT2D eigenvalue weighted by Crippen LogP contribution is -2.46. The minimum atomic E-state index is -0.634. The largest absolute Gasteiger partial charge is 0.497 e. The summed E-state index contributed by atoms with van der Waals surface area (Å²) in [5, 5.41) is 2.96. The Morgan fingerprint density at radius 2 is 1.79 bits per heavy atom. The van der Waals surface area contributed by atoms with Gasteiger partial charge in [-0.2, -0.15) is 11.8 Å². The number of ether oxygens (including phenoxy) is 2. The smallest absolute Gasteiger partial charge is 0.255 e. The van der Waals surface area contributed by atoms with Gasteiger partial charge in [0.1, 0.15) is 17.5 Å². The highest BCUT2D eigenvalue weighted by molar-refractivity contribution is 7.98. The first kappa shape index (κ1) is 22.7. The van der Waals surface area contributed by atoms with Gasteiger partial charge in [-0.05, 0) is 29.3 Å². The van der Waals surface area contributed by atoms with Crippen LogP contribution in [0.3, 0.4) is 0 Å². The molecule has 2 amide bonds. The number of hydrogen-bond donors (Lipinski definition) is 1. The quantitative estimate of drug-likeness (QED) is 0.503. The molecule has 3 aromatic rings. The molecule has 0 aliphatic carbocycles. The van der Waals surface area contributed by atoms with Crippen LogP contribution in [0.5, 0.6) is 11.5 Å². The monoisotopic (exact) mass is 462 g/mol. The fourth-order valence-corrected chi connectivity index (χ4v) is 4.92. The number of rotatable bonds is 9. The molecule has 0 spiro atoms. The molecule has 33 heavy (non-hydrogen) atoms. The first-order valence-corrected chi connectivity index (χ1v) is 11.8. The van der Waals surface area contributed by atoms with Crippen LogP contribution in [-0.4, -0.2) is 42.7 Å². The van der Waals surface area contributed by atoms with E-state index in [1.165, 1.54) is 12.7 Å². The Hall–Kier alpha value is -3.45. The Morgan fingerprint density at radius 1 is 1.03 bits per heavy atom. The average molecular weight is 463 g/mol. The Labute approximate surface area is 197 Å². The fourth-order valence-electron chi connectivity index (χ4n) is 3.82. The number of fused-ring (bicyclic) bond motifs is 1. The van der Waals surface area contributed by atoms with Gasteiger partial charge >= 0.3 is 0 Å². The zero-order valence-electron chi connectivity index (χ0n) is 18.6. The van der Waals surface area contributed by atoms with Gasteiger partial charge < -0.3 is 19.7 Å². The van der Waals surface area contributed by atoms with Crippen molar-refractivity contribution >= 4 is 29.3 Å². The van der Waals surface area contributed by atoms with E-state index in [9.17, 15) is 9.59 Å². The molecule has 0 saturated carbocycles. The number of nitrogens with zero attached hydrogens (tertiary/aromatic N) is 1. The second kappa shape index (κ2) is 10.4. The first-order chi connectivity index (χ1) is 16.1. The number of nitrogens with one attached hydrogen (secondary N) is 1. The third kappa shape index (κ3) is 5.14. The minimum Gasteiger partial charge on any atom is -0.497 e. The number of hydrogen-bond acceptors (Lipinski definition) is 5. The summed E-state index contributed by atoms with van der Waals surface area (Å²) in [7, 11) is 3.11. The van der Waals surface area contributed by atoms with E-state index in [0.717, 1.165) is 11.3 Å². The molecule has 4 rings (SSSR count). The van der Waals surface area contributed by atoms with Gasteiger partial charge in [0.15, 0.2) is 0 Å². The maximum absolute atomic E-state index is 13.5. The molecular weight excluding hydrogens is 436 g/mol. The van der Waals surface area contributed by atoms with Crippen LogP contribution in [0, 0.1) is 0 Å². The molecule has 3 aromatic carbocycles. The Bertz CT molecular complexity index is 1140. The first-order valence-electron chi connectivity index (χ1n) is 10.6. The summed E-state index contributed by atoms with van der Waals surface area (Å²) in [6.07, 6.45) is 0. The second-order valence-corrected chi connectivity index (χ2v) is 8.69. The molecule has 1 heterocycles. The molecule has 0 radical (unpaired) electrons. The highest BCUT2D eigenvalue weighted by atomic mass is 32.2. The fraction of sp³-hybridized carbons (Fsp3) is 0.231. The van der Waals surface area contributed by atoms with Gasteiger partial charge in [0.2, 0.25) is 5.91 Å². The van der Waals surface area contributed by atoms with Crippen molar-refractivity contribution in [2.45, 2.75) is 18.3 Å².